The van der Waals surface area contributed by atoms with Crippen molar-refractivity contribution >= 4 is 51.7 Å². The fraction of sp³-hybridized carbons (Fsp3) is 0.250. The molecule has 0 saturated carbocycles. The Balaban J connectivity index is 2.17. The zero-order chi connectivity index (χ0) is 18.0. The fourth-order valence-electron chi connectivity index (χ4n) is 2.40. The summed E-state index contributed by atoms with van der Waals surface area (Å²) >= 11 is 6.12. The molecule has 0 radical (unpaired) electrons. The van der Waals surface area contributed by atoms with Crippen molar-refractivity contribution in [1.82, 2.24) is 14.7 Å². The second-order valence-corrected chi connectivity index (χ2v) is 7.05. The molecule has 1 amide bonds. The Morgan fingerprint density at radius 2 is 2.28 bits per heavy atom. The molecule has 2 aromatic rings. The van der Waals surface area contributed by atoms with Crippen LogP contribution in [0.2, 0.25) is 0 Å². The highest BCUT2D eigenvalue weighted by Gasteiger charge is 2.24. The molecule has 3 heterocycles. The molecule has 0 atom stereocenters. The lowest BCUT2D eigenvalue weighted by Gasteiger charge is -2.12. The van der Waals surface area contributed by atoms with E-state index in [0.717, 1.165) is 17.3 Å². The Kier molecular flexibility index (Phi) is 5.16. The molecule has 0 unspecified atom stereocenters. The zero-order valence-electron chi connectivity index (χ0n) is 13.7. The van der Waals surface area contributed by atoms with E-state index in [1.54, 1.807) is 19.4 Å². The number of nitrogens with one attached hydrogen (secondary N) is 2. The van der Waals surface area contributed by atoms with Crippen LogP contribution in [0, 0.1) is 6.92 Å². The van der Waals surface area contributed by atoms with E-state index in [1.807, 2.05) is 13.0 Å². The number of thioether (sulfide) groups is 1. The first-order chi connectivity index (χ1) is 12.0. The highest BCUT2D eigenvalue weighted by Crippen LogP contribution is 2.27. The van der Waals surface area contributed by atoms with Crippen LogP contribution in [0.5, 0.6) is 0 Å². The van der Waals surface area contributed by atoms with Gasteiger partial charge in [0, 0.05) is 19.9 Å². The van der Waals surface area contributed by atoms with Crippen LogP contribution in [0.25, 0.3) is 11.7 Å². The van der Waals surface area contributed by atoms with Gasteiger partial charge in [-0.2, -0.15) is 0 Å². The lowest BCUT2D eigenvalue weighted by Crippen LogP contribution is -2.23. The van der Waals surface area contributed by atoms with Gasteiger partial charge in [-0.05, 0) is 24.6 Å². The molecule has 2 aromatic heterocycles. The smallest absolute Gasteiger partial charge is 0.267 e. The number of methoxy groups -OCH3 is 1. The van der Waals surface area contributed by atoms with Gasteiger partial charge in [0.1, 0.15) is 15.8 Å². The van der Waals surface area contributed by atoms with Crippen LogP contribution in [-0.4, -0.2) is 39.9 Å². The van der Waals surface area contributed by atoms with Gasteiger partial charge >= 0.3 is 0 Å². The summed E-state index contributed by atoms with van der Waals surface area (Å²) in [6.45, 7) is 2.83. The number of ether oxygens (including phenoxy) is 1. The van der Waals surface area contributed by atoms with Gasteiger partial charge in [-0.15, -0.1) is 0 Å². The molecule has 0 aromatic carbocycles. The third-order valence-corrected chi connectivity index (χ3v) is 4.76. The Bertz CT molecular complexity index is 952. The summed E-state index contributed by atoms with van der Waals surface area (Å²) in [6, 6.07) is 3.67. The number of carbonyl (C=O) groups excluding carboxylic acids is 1. The number of anilines is 1. The molecule has 130 valence electrons. The first-order valence-electron chi connectivity index (χ1n) is 7.51. The second kappa shape index (κ2) is 7.34. The third-order valence-electron chi connectivity index (χ3n) is 3.60. The number of pyridine rings is 1. The van der Waals surface area contributed by atoms with Crippen molar-refractivity contribution in [3.8, 4) is 0 Å². The monoisotopic (exact) mass is 376 g/mol. The zero-order valence-corrected chi connectivity index (χ0v) is 15.3. The van der Waals surface area contributed by atoms with E-state index in [9.17, 15) is 9.59 Å². The summed E-state index contributed by atoms with van der Waals surface area (Å²) in [4.78, 5) is 29.8. The molecular weight excluding hydrogens is 360 g/mol. The number of aryl methyl sites for hydroxylation is 1. The minimum atomic E-state index is -0.313. The normalized spacial score (nSPS) is 15.8. The SMILES string of the molecule is COCCNc1nc2c(C)cccn2c(=O)c1/C=C1/SC(=S)NC1=O. The quantitative estimate of drug-likeness (QED) is 0.465. The first-order valence-corrected chi connectivity index (χ1v) is 8.73. The lowest BCUT2D eigenvalue weighted by atomic mass is 10.2. The van der Waals surface area contributed by atoms with Crippen molar-refractivity contribution in [2.45, 2.75) is 6.92 Å². The Labute approximate surface area is 153 Å². The van der Waals surface area contributed by atoms with Crippen LogP contribution in [0.15, 0.2) is 28.0 Å². The van der Waals surface area contributed by atoms with E-state index in [1.165, 1.54) is 10.5 Å². The molecule has 7 nitrogen and oxygen atoms in total. The van der Waals surface area contributed by atoms with E-state index in [0.29, 0.717) is 39.4 Å². The van der Waals surface area contributed by atoms with Crippen molar-refractivity contribution in [2.24, 2.45) is 0 Å². The number of amides is 1. The molecule has 0 bridgehead atoms. The number of carbonyl (C=O) groups is 1. The van der Waals surface area contributed by atoms with Gasteiger partial charge < -0.3 is 15.4 Å². The maximum atomic E-state index is 12.9. The molecule has 0 aliphatic carbocycles. The molecular formula is C16H16N4O3S2. The number of nitrogens with zero attached hydrogens (tertiary/aromatic N) is 2. The number of hydrogen-bond acceptors (Lipinski definition) is 7. The summed E-state index contributed by atoms with van der Waals surface area (Å²) in [6.07, 6.45) is 3.18. The average Bonchev–Trinajstić information content (AvgIpc) is 2.89. The van der Waals surface area contributed by atoms with E-state index in [2.05, 4.69) is 15.6 Å². The number of thiocarbonyl (C=S) groups is 1. The van der Waals surface area contributed by atoms with E-state index >= 15 is 0 Å². The van der Waals surface area contributed by atoms with Crippen LogP contribution in [0.4, 0.5) is 5.82 Å². The van der Waals surface area contributed by atoms with Crippen molar-refractivity contribution in [3.63, 3.8) is 0 Å². The molecule has 1 saturated heterocycles. The number of fused-ring (bicyclic) bond motifs is 1. The van der Waals surface area contributed by atoms with Crippen molar-refractivity contribution in [1.29, 1.82) is 0 Å². The van der Waals surface area contributed by atoms with Gasteiger partial charge in [-0.1, -0.05) is 30.0 Å². The minimum Gasteiger partial charge on any atom is -0.383 e. The van der Waals surface area contributed by atoms with E-state index < -0.39 is 0 Å². The Morgan fingerprint density at radius 1 is 1.48 bits per heavy atom. The summed E-state index contributed by atoms with van der Waals surface area (Å²) in [5, 5.41) is 5.65. The minimum absolute atomic E-state index is 0.257. The fourth-order valence-corrected chi connectivity index (χ4v) is 3.43. The van der Waals surface area contributed by atoms with Gasteiger partial charge in [0.2, 0.25) is 0 Å². The topological polar surface area (TPSA) is 84.7 Å². The maximum Gasteiger partial charge on any atom is 0.267 e. The van der Waals surface area contributed by atoms with E-state index in [4.69, 9.17) is 17.0 Å². The van der Waals surface area contributed by atoms with Crippen molar-refractivity contribution in [2.75, 3.05) is 25.6 Å². The average molecular weight is 376 g/mol. The van der Waals surface area contributed by atoms with Gasteiger partial charge in [0.25, 0.3) is 11.5 Å². The third kappa shape index (κ3) is 3.58. The van der Waals surface area contributed by atoms with Gasteiger partial charge in [-0.3, -0.25) is 14.0 Å². The summed E-state index contributed by atoms with van der Waals surface area (Å²) < 4.78 is 6.88. The predicted molar refractivity (Wildman–Crippen MR) is 103 cm³/mol. The molecule has 1 aliphatic heterocycles. The number of aromatic nitrogens is 2. The first kappa shape index (κ1) is 17.6. The molecule has 0 spiro atoms. The molecule has 9 heteroatoms. The largest absolute Gasteiger partial charge is 0.383 e. The van der Waals surface area contributed by atoms with Crippen LogP contribution < -0.4 is 16.2 Å². The lowest BCUT2D eigenvalue weighted by molar-refractivity contribution is -0.115. The van der Waals surface area contributed by atoms with Gasteiger partial charge in [0.05, 0.1) is 17.1 Å². The highest BCUT2D eigenvalue weighted by atomic mass is 32.2. The Hall–Kier alpha value is -2.23. The molecule has 3 rings (SSSR count). The van der Waals surface area contributed by atoms with Crippen molar-refractivity contribution in [3.05, 3.63) is 44.7 Å². The molecule has 1 aliphatic rings. The van der Waals surface area contributed by atoms with E-state index in [-0.39, 0.29) is 11.5 Å². The predicted octanol–water partition coefficient (Wildman–Crippen LogP) is 1.55. The second-order valence-electron chi connectivity index (χ2n) is 5.34. The van der Waals surface area contributed by atoms with Gasteiger partial charge in [-0.25, -0.2) is 4.98 Å². The molecule has 1 fully saturated rings. The summed E-state index contributed by atoms with van der Waals surface area (Å²) in [7, 11) is 1.60. The van der Waals surface area contributed by atoms with Crippen LogP contribution in [0.3, 0.4) is 0 Å². The number of rotatable bonds is 5. The Morgan fingerprint density at radius 3 is 2.96 bits per heavy atom. The van der Waals surface area contributed by atoms with Crippen LogP contribution >= 0.6 is 24.0 Å². The van der Waals surface area contributed by atoms with Crippen LogP contribution in [0.1, 0.15) is 11.1 Å². The summed E-state index contributed by atoms with van der Waals surface area (Å²) in [5.74, 6) is 0.0987. The standard InChI is InChI=1S/C16H16N4O3S2/c1-9-4-3-6-20-13(9)18-12(17-5-7-23-2)10(15(20)22)8-11-14(21)19-16(24)25-11/h3-4,6,8,17H,5,7H2,1-2H3,(H,19,21,24)/b11-8+. The maximum absolute atomic E-state index is 12.9. The number of hydrogen-bond donors (Lipinski definition) is 2. The van der Waals surface area contributed by atoms with Crippen molar-refractivity contribution < 1.29 is 9.53 Å². The van der Waals surface area contributed by atoms with Gasteiger partial charge in [0.15, 0.2) is 0 Å². The molecule has 2 N–H and O–H groups in total. The summed E-state index contributed by atoms with van der Waals surface area (Å²) in [5.41, 5.74) is 1.49. The molecule has 25 heavy (non-hydrogen) atoms. The highest BCUT2D eigenvalue weighted by molar-refractivity contribution is 8.26. The van der Waals surface area contributed by atoms with Crippen LogP contribution in [-0.2, 0) is 9.53 Å².